The molecule has 16 nitrogen and oxygen atoms in total. The fourth-order valence-corrected chi connectivity index (χ4v) is 9.81. The molecular weight excluding hydrogens is 805 g/mol. The van der Waals surface area contributed by atoms with E-state index in [4.69, 9.17) is 38.0 Å². The average molecular weight is 859 g/mol. The summed E-state index contributed by atoms with van der Waals surface area (Å²) in [5.74, 6) is 2.19. The van der Waals surface area contributed by atoms with Gasteiger partial charge in [-0.15, -0.1) is 0 Å². The summed E-state index contributed by atoms with van der Waals surface area (Å²) < 4.78 is 74.5. The predicted molar refractivity (Wildman–Crippen MR) is 228 cm³/mol. The maximum Gasteiger partial charge on any atom is 0.410 e. The summed E-state index contributed by atoms with van der Waals surface area (Å²) in [4.78, 5) is 14.7. The van der Waals surface area contributed by atoms with Gasteiger partial charge in [0.05, 0.1) is 52.1 Å². The quantitative estimate of drug-likeness (QED) is 0.113. The number of nitrogens with one attached hydrogen (secondary N) is 1. The van der Waals surface area contributed by atoms with Crippen LogP contribution in [0.1, 0.15) is 101 Å². The van der Waals surface area contributed by atoms with Crippen LogP contribution < -0.4 is 28.6 Å². The number of benzene rings is 3. The van der Waals surface area contributed by atoms with Gasteiger partial charge in [-0.3, -0.25) is 0 Å². The fourth-order valence-electron chi connectivity index (χ4n) is 8.12. The molecule has 2 unspecified atom stereocenters. The first-order chi connectivity index (χ1) is 29.3. The molecular formula is C44H54N6O10S. The van der Waals surface area contributed by atoms with Crippen molar-refractivity contribution in [1.82, 2.24) is 19.8 Å². The van der Waals surface area contributed by atoms with Gasteiger partial charge in [-0.2, -0.15) is 5.10 Å². The number of carbonyl (C=O) groups is 1. The molecule has 0 bridgehead atoms. The number of fused-ring (bicyclic) bond motifs is 1. The molecule has 2 saturated heterocycles. The normalized spacial score (nSPS) is 18.2. The molecule has 4 heterocycles. The van der Waals surface area contributed by atoms with Gasteiger partial charge >= 0.3 is 6.09 Å². The van der Waals surface area contributed by atoms with E-state index >= 15 is 8.42 Å². The van der Waals surface area contributed by atoms with E-state index < -0.39 is 27.8 Å². The SMILES string of the molecule is COc1ccc(CN(c2noc3cc(Nc4cc(C5CC5)n(C5CCCCO5)n4)c(OC)cc23)S(=O)(=O)c2c(OC)cc(C3CCCN3C(=O)OC(C)(C)C)cc2OC)cc1. The van der Waals surface area contributed by atoms with Gasteiger partial charge in [0.25, 0.3) is 10.0 Å². The zero-order chi connectivity index (χ0) is 43.1. The van der Waals surface area contributed by atoms with E-state index in [-0.39, 0.29) is 35.0 Å². The van der Waals surface area contributed by atoms with Crippen LogP contribution in [-0.2, 0) is 26.0 Å². The third-order valence-corrected chi connectivity index (χ3v) is 13.0. The van der Waals surface area contributed by atoms with E-state index in [9.17, 15) is 4.79 Å². The first-order valence-corrected chi connectivity index (χ1v) is 22.1. The minimum absolute atomic E-state index is 0.0190. The Morgan fingerprint density at radius 3 is 2.23 bits per heavy atom. The van der Waals surface area contributed by atoms with Gasteiger partial charge in [0.1, 0.15) is 28.6 Å². The van der Waals surface area contributed by atoms with Crippen LogP contribution in [0.25, 0.3) is 11.0 Å². The molecule has 0 radical (unpaired) electrons. The van der Waals surface area contributed by atoms with E-state index in [1.807, 2.05) is 25.5 Å². The Labute approximate surface area is 356 Å². The maximum absolute atomic E-state index is 15.3. The molecule has 1 N–H and O–H groups in total. The lowest BCUT2D eigenvalue weighted by molar-refractivity contribution is -0.0409. The van der Waals surface area contributed by atoms with Crippen molar-refractivity contribution in [3.05, 3.63) is 71.4 Å². The van der Waals surface area contributed by atoms with Crippen LogP contribution in [0.3, 0.4) is 0 Å². The second kappa shape index (κ2) is 17.0. The van der Waals surface area contributed by atoms with Crippen molar-refractivity contribution in [2.45, 2.75) is 101 Å². The Kier molecular flexibility index (Phi) is 11.7. The summed E-state index contributed by atoms with van der Waals surface area (Å²) in [7, 11) is 1.34. The Hall–Kier alpha value is -5.68. The number of carbonyl (C=O) groups excluding carboxylic acids is 1. The van der Waals surface area contributed by atoms with Gasteiger partial charge in [0.15, 0.2) is 28.3 Å². The van der Waals surface area contributed by atoms with E-state index in [0.29, 0.717) is 70.6 Å². The number of hydrogen-bond acceptors (Lipinski definition) is 13. The number of likely N-dealkylation sites (tertiary alicyclic amines) is 1. The van der Waals surface area contributed by atoms with Crippen molar-refractivity contribution in [2.24, 2.45) is 0 Å². The Balaban J connectivity index is 1.18. The molecule has 2 atom stereocenters. The van der Waals surface area contributed by atoms with E-state index in [2.05, 4.69) is 16.5 Å². The van der Waals surface area contributed by atoms with Gasteiger partial charge < -0.3 is 43.2 Å². The molecule has 326 valence electrons. The lowest BCUT2D eigenvalue weighted by Crippen LogP contribution is -2.36. The molecule has 3 aliphatic rings. The molecule has 8 rings (SSSR count). The molecule has 1 amide bonds. The van der Waals surface area contributed by atoms with Gasteiger partial charge in [-0.25, -0.2) is 22.2 Å². The Bertz CT molecular complexity index is 2460. The number of nitrogens with zero attached hydrogens (tertiary/aromatic N) is 5. The molecule has 1 aliphatic carbocycles. The molecule has 0 spiro atoms. The number of hydrogen-bond donors (Lipinski definition) is 1. The monoisotopic (exact) mass is 858 g/mol. The van der Waals surface area contributed by atoms with Crippen LogP contribution in [0.15, 0.2) is 64.0 Å². The molecule has 3 fully saturated rings. The number of rotatable bonds is 14. The molecule has 17 heteroatoms. The van der Waals surface area contributed by atoms with Gasteiger partial charge in [-0.05, 0) is 107 Å². The van der Waals surface area contributed by atoms with Crippen LogP contribution in [0.5, 0.6) is 23.0 Å². The van der Waals surface area contributed by atoms with Crippen LogP contribution in [0, 0.1) is 0 Å². The van der Waals surface area contributed by atoms with Crippen LogP contribution >= 0.6 is 0 Å². The van der Waals surface area contributed by atoms with Gasteiger partial charge in [0, 0.05) is 36.9 Å². The number of amides is 1. The number of methoxy groups -OCH3 is 4. The summed E-state index contributed by atoms with van der Waals surface area (Å²) in [5.41, 5.74) is 2.61. The second-order valence-electron chi connectivity index (χ2n) is 16.6. The highest BCUT2D eigenvalue weighted by Gasteiger charge is 2.39. The van der Waals surface area contributed by atoms with E-state index in [1.165, 1.54) is 18.5 Å². The largest absolute Gasteiger partial charge is 0.497 e. The lowest BCUT2D eigenvalue weighted by Gasteiger charge is -2.30. The minimum Gasteiger partial charge on any atom is -0.497 e. The summed E-state index contributed by atoms with van der Waals surface area (Å²) in [5, 5.41) is 13.1. The average Bonchev–Trinajstić information content (AvgIpc) is 3.61. The van der Waals surface area contributed by atoms with Crippen LogP contribution in [0.2, 0.25) is 0 Å². The fraction of sp³-hybridized carbons (Fsp3) is 0.477. The molecule has 1 saturated carbocycles. The third-order valence-electron chi connectivity index (χ3n) is 11.2. The topological polar surface area (TPSA) is 169 Å². The highest BCUT2D eigenvalue weighted by molar-refractivity contribution is 7.93. The zero-order valence-electron chi connectivity index (χ0n) is 35.7. The summed E-state index contributed by atoms with van der Waals surface area (Å²) >= 11 is 0. The zero-order valence-corrected chi connectivity index (χ0v) is 36.5. The highest BCUT2D eigenvalue weighted by Crippen LogP contribution is 2.46. The lowest BCUT2D eigenvalue weighted by atomic mass is 10.0. The first kappa shape index (κ1) is 42.0. The van der Waals surface area contributed by atoms with Crippen molar-refractivity contribution in [1.29, 1.82) is 0 Å². The Morgan fingerprint density at radius 2 is 1.61 bits per heavy atom. The summed E-state index contributed by atoms with van der Waals surface area (Å²) in [6, 6.07) is 15.5. The molecule has 61 heavy (non-hydrogen) atoms. The summed E-state index contributed by atoms with van der Waals surface area (Å²) in [6.07, 6.45) is 6.08. The van der Waals surface area contributed by atoms with Gasteiger partial charge in [-0.1, -0.05) is 17.3 Å². The third kappa shape index (κ3) is 8.62. The summed E-state index contributed by atoms with van der Waals surface area (Å²) in [6.45, 7) is 6.50. The highest BCUT2D eigenvalue weighted by atomic mass is 32.2. The second-order valence-corrected chi connectivity index (χ2v) is 18.4. The van der Waals surface area contributed by atoms with Crippen LogP contribution in [0.4, 0.5) is 22.1 Å². The predicted octanol–water partition coefficient (Wildman–Crippen LogP) is 8.85. The van der Waals surface area contributed by atoms with Crippen molar-refractivity contribution >= 4 is 44.4 Å². The van der Waals surface area contributed by atoms with Gasteiger partial charge in [0.2, 0.25) is 0 Å². The van der Waals surface area contributed by atoms with E-state index in [0.717, 1.165) is 44.2 Å². The van der Waals surface area contributed by atoms with Crippen LogP contribution in [-0.4, -0.2) is 81.5 Å². The number of ether oxygens (including phenoxy) is 6. The Morgan fingerprint density at radius 1 is 0.885 bits per heavy atom. The molecule has 2 aromatic heterocycles. The van der Waals surface area contributed by atoms with E-state index in [1.54, 1.807) is 67.7 Å². The van der Waals surface area contributed by atoms with Crippen molar-refractivity contribution in [3.63, 3.8) is 0 Å². The number of sulfonamides is 1. The maximum atomic E-state index is 15.3. The smallest absolute Gasteiger partial charge is 0.410 e. The number of aromatic nitrogens is 3. The molecule has 2 aliphatic heterocycles. The van der Waals surface area contributed by atoms with Crippen molar-refractivity contribution in [3.8, 4) is 23.0 Å². The van der Waals surface area contributed by atoms with Crippen molar-refractivity contribution in [2.75, 3.05) is 51.2 Å². The molecule has 3 aromatic carbocycles. The standard InChI is InChI=1S/C44H54N6O10S/c1-44(2,3)59-43(51)48-19-10-11-33(48)29-21-37(56-6)41(38(22-29)57-7)61(52,53)49(26-27-13-17-30(54-4)18-14-27)42-31-23-36(55-5)32(24-35(31)60-47-42)45-39-25-34(28-15-16-28)50(46-39)40-12-8-9-20-58-40/h13-14,17-18,21-25,28,33,40H,8-12,15-16,19-20,26H2,1-7H3,(H,45,46). The number of anilines is 3. The molecule has 5 aromatic rings. The van der Waals surface area contributed by atoms with Crippen molar-refractivity contribution < 1.29 is 46.2 Å². The first-order valence-electron chi connectivity index (χ1n) is 20.7. The minimum atomic E-state index is -4.56.